The van der Waals surface area contributed by atoms with Crippen molar-refractivity contribution in [3.63, 3.8) is 0 Å². The molecule has 2 atom stereocenters. The number of hydrogen-bond acceptors (Lipinski definition) is 7. The number of aromatic nitrogens is 5. The van der Waals surface area contributed by atoms with Crippen LogP contribution in [-0.2, 0) is 9.47 Å². The molecule has 1 aliphatic heterocycles. The van der Waals surface area contributed by atoms with Crippen LogP contribution >= 0.6 is 0 Å². The molecule has 0 radical (unpaired) electrons. The first-order chi connectivity index (χ1) is 17.2. The van der Waals surface area contributed by atoms with Gasteiger partial charge in [0.15, 0.2) is 5.65 Å². The van der Waals surface area contributed by atoms with Gasteiger partial charge in [-0.05, 0) is 37.8 Å². The molecule has 1 aliphatic carbocycles. The minimum Gasteiger partial charge on any atom is -0.381 e. The number of nitrogens with zero attached hydrogens (tertiary/aromatic N) is 5. The molecule has 5 heterocycles. The Labute approximate surface area is 202 Å². The Bertz CT molecular complexity index is 1390. The number of rotatable bonds is 6. The van der Waals surface area contributed by atoms with Crippen LogP contribution in [0.1, 0.15) is 42.1 Å². The first-order valence-corrected chi connectivity index (χ1v) is 12.1. The van der Waals surface area contributed by atoms with E-state index in [0.29, 0.717) is 17.3 Å². The maximum atomic E-state index is 13.1. The third-order valence-corrected chi connectivity index (χ3v) is 7.25. The van der Waals surface area contributed by atoms with Crippen LogP contribution < -0.4 is 10.6 Å². The molecule has 0 bridgehead atoms. The average molecular weight is 476 g/mol. The predicted octanol–water partition coefficient (Wildman–Crippen LogP) is 3.05. The van der Waals surface area contributed by atoms with E-state index in [4.69, 9.17) is 19.4 Å². The van der Waals surface area contributed by atoms with Crippen LogP contribution in [0.25, 0.3) is 27.9 Å². The van der Waals surface area contributed by atoms with Gasteiger partial charge in [-0.3, -0.25) is 4.79 Å². The molecule has 35 heavy (non-hydrogen) atoms. The summed E-state index contributed by atoms with van der Waals surface area (Å²) in [6.45, 7) is 1.50. The number of pyridine rings is 1. The van der Waals surface area contributed by atoms with Crippen LogP contribution in [-0.4, -0.2) is 69.6 Å². The fourth-order valence-corrected chi connectivity index (χ4v) is 5.13. The number of carbonyl (C=O) groups is 1. The summed E-state index contributed by atoms with van der Waals surface area (Å²) in [5, 5.41) is 11.8. The van der Waals surface area contributed by atoms with Gasteiger partial charge in [0.05, 0.1) is 24.0 Å². The molecule has 4 aromatic heterocycles. The van der Waals surface area contributed by atoms with Crippen molar-refractivity contribution in [3.8, 4) is 11.3 Å². The van der Waals surface area contributed by atoms with Crippen LogP contribution in [0.5, 0.6) is 0 Å². The number of carbonyl (C=O) groups excluding carboxylic acids is 1. The first kappa shape index (κ1) is 22.0. The van der Waals surface area contributed by atoms with Crippen LogP contribution in [0.2, 0.25) is 0 Å². The van der Waals surface area contributed by atoms with Crippen molar-refractivity contribution < 1.29 is 14.3 Å². The molecule has 10 nitrogen and oxygen atoms in total. The van der Waals surface area contributed by atoms with Gasteiger partial charge in [0.25, 0.3) is 5.91 Å². The molecule has 6 rings (SSSR count). The molecule has 10 heteroatoms. The third-order valence-electron chi connectivity index (χ3n) is 7.25. The highest BCUT2D eigenvalue weighted by Gasteiger charge is 2.33. The molecule has 1 amide bonds. The van der Waals surface area contributed by atoms with Gasteiger partial charge >= 0.3 is 0 Å². The largest absolute Gasteiger partial charge is 0.381 e. The van der Waals surface area contributed by atoms with Crippen LogP contribution in [0.15, 0.2) is 36.8 Å². The summed E-state index contributed by atoms with van der Waals surface area (Å²) >= 11 is 0. The zero-order chi connectivity index (χ0) is 23.9. The molecule has 4 aromatic rings. The topological polar surface area (TPSA) is 108 Å². The summed E-state index contributed by atoms with van der Waals surface area (Å²) in [5.74, 6) is 0.558. The first-order valence-electron chi connectivity index (χ1n) is 12.1. The Morgan fingerprint density at radius 1 is 1.20 bits per heavy atom. The average Bonchev–Trinajstić information content (AvgIpc) is 3.49. The number of amides is 1. The number of methoxy groups -OCH3 is 1. The summed E-state index contributed by atoms with van der Waals surface area (Å²) < 4.78 is 14.9. The summed E-state index contributed by atoms with van der Waals surface area (Å²) in [7, 11) is 3.52. The minimum atomic E-state index is -0.190. The van der Waals surface area contributed by atoms with Crippen molar-refractivity contribution >= 4 is 28.4 Å². The monoisotopic (exact) mass is 475 g/mol. The van der Waals surface area contributed by atoms with Gasteiger partial charge in [-0.1, -0.05) is 0 Å². The number of hydrogen-bond donors (Lipinski definition) is 2. The summed E-state index contributed by atoms with van der Waals surface area (Å²) in [6, 6.07) is 6.32. The standard InChI is InChI=1S/C25H29N7O3/c1-26-22-12-20(18-14-31(15-7-10-35-11-8-15)23-16(18)4-3-9-27-23)29-24-17(13-28-32(22)24)25(33)30-19-5-6-21(19)34-2/h3-4,9,12-15,19,21,26H,5-8,10-11H2,1-2H3,(H,30,33)/t19-,21-/m1/s1. The molecule has 1 saturated carbocycles. The number of ether oxygens (including phenoxy) is 2. The second-order valence-corrected chi connectivity index (χ2v) is 9.17. The normalized spacial score (nSPS) is 20.7. The molecule has 182 valence electrons. The zero-order valence-corrected chi connectivity index (χ0v) is 19.9. The van der Waals surface area contributed by atoms with E-state index in [0.717, 1.165) is 67.0 Å². The lowest BCUT2D eigenvalue weighted by Gasteiger charge is -2.35. The molecular weight excluding hydrogens is 446 g/mol. The van der Waals surface area contributed by atoms with Crippen LogP contribution in [0.3, 0.4) is 0 Å². The SMILES string of the molecule is CNc1cc(-c2cn(C3CCOCC3)c3ncccc23)nc2c(C(=O)N[C@@H]3CC[C@H]3OC)cnn12. The van der Waals surface area contributed by atoms with Crippen molar-refractivity contribution in [1.82, 2.24) is 29.5 Å². The third kappa shape index (κ3) is 3.73. The Morgan fingerprint density at radius 3 is 2.80 bits per heavy atom. The Kier molecular flexibility index (Phi) is 5.62. The highest BCUT2D eigenvalue weighted by Crippen LogP contribution is 2.35. The van der Waals surface area contributed by atoms with Crippen molar-refractivity contribution in [2.75, 3.05) is 32.7 Å². The Hall–Kier alpha value is -3.50. The smallest absolute Gasteiger partial charge is 0.257 e. The molecule has 2 N–H and O–H groups in total. The molecule has 2 fully saturated rings. The minimum absolute atomic E-state index is 0.0120. The zero-order valence-electron chi connectivity index (χ0n) is 19.9. The quantitative estimate of drug-likeness (QED) is 0.441. The summed E-state index contributed by atoms with van der Waals surface area (Å²) in [4.78, 5) is 22.8. The van der Waals surface area contributed by atoms with Gasteiger partial charge in [-0.25, -0.2) is 9.97 Å². The number of fused-ring (bicyclic) bond motifs is 2. The van der Waals surface area contributed by atoms with Gasteiger partial charge in [0.2, 0.25) is 0 Å². The van der Waals surface area contributed by atoms with Crippen LogP contribution in [0, 0.1) is 0 Å². The second-order valence-electron chi connectivity index (χ2n) is 9.17. The van der Waals surface area contributed by atoms with Crippen molar-refractivity contribution in [2.24, 2.45) is 0 Å². The van der Waals surface area contributed by atoms with Gasteiger partial charge < -0.3 is 24.7 Å². The van der Waals surface area contributed by atoms with E-state index in [1.54, 1.807) is 17.8 Å². The van der Waals surface area contributed by atoms with E-state index in [-0.39, 0.29) is 18.1 Å². The molecule has 0 spiro atoms. The van der Waals surface area contributed by atoms with Gasteiger partial charge in [0, 0.05) is 62.8 Å². The van der Waals surface area contributed by atoms with E-state index in [1.165, 1.54) is 0 Å². The van der Waals surface area contributed by atoms with Crippen molar-refractivity contribution in [1.29, 1.82) is 0 Å². The fraction of sp³-hybridized carbons (Fsp3) is 0.440. The number of anilines is 1. The lowest BCUT2D eigenvalue weighted by Crippen LogP contribution is -2.51. The van der Waals surface area contributed by atoms with E-state index >= 15 is 0 Å². The molecule has 2 aliphatic rings. The molecule has 0 aromatic carbocycles. The van der Waals surface area contributed by atoms with E-state index in [2.05, 4.69) is 32.6 Å². The van der Waals surface area contributed by atoms with Crippen molar-refractivity contribution in [2.45, 2.75) is 43.9 Å². The summed E-state index contributed by atoms with van der Waals surface area (Å²) in [5.41, 5.74) is 3.62. The number of nitrogens with one attached hydrogen (secondary N) is 2. The highest BCUT2D eigenvalue weighted by molar-refractivity contribution is 6.01. The molecule has 1 saturated heterocycles. The van der Waals surface area contributed by atoms with E-state index in [9.17, 15) is 4.79 Å². The Morgan fingerprint density at radius 2 is 2.06 bits per heavy atom. The van der Waals surface area contributed by atoms with Gasteiger partial charge in [-0.2, -0.15) is 9.61 Å². The predicted molar refractivity (Wildman–Crippen MR) is 132 cm³/mol. The highest BCUT2D eigenvalue weighted by atomic mass is 16.5. The van der Waals surface area contributed by atoms with Gasteiger partial charge in [0.1, 0.15) is 17.0 Å². The fourth-order valence-electron chi connectivity index (χ4n) is 5.13. The molecular formula is C25H29N7O3. The molecule has 0 unspecified atom stereocenters. The maximum absolute atomic E-state index is 13.1. The summed E-state index contributed by atoms with van der Waals surface area (Å²) in [6.07, 6.45) is 9.35. The van der Waals surface area contributed by atoms with E-state index in [1.807, 2.05) is 25.4 Å². The van der Waals surface area contributed by atoms with E-state index < -0.39 is 0 Å². The lowest BCUT2D eigenvalue weighted by atomic mass is 9.89. The lowest BCUT2D eigenvalue weighted by molar-refractivity contribution is 0.00732. The van der Waals surface area contributed by atoms with Crippen molar-refractivity contribution in [3.05, 3.63) is 42.4 Å². The van der Waals surface area contributed by atoms with Crippen LogP contribution in [0.4, 0.5) is 5.82 Å². The Balaban J connectivity index is 1.44. The van der Waals surface area contributed by atoms with Gasteiger partial charge in [-0.15, -0.1) is 0 Å². The second kappa shape index (κ2) is 8.94. The maximum Gasteiger partial charge on any atom is 0.257 e.